The molecule has 23 heavy (non-hydrogen) atoms. The van der Waals surface area contributed by atoms with E-state index in [4.69, 9.17) is 4.74 Å². The van der Waals surface area contributed by atoms with Crippen LogP contribution in [0.3, 0.4) is 0 Å². The number of carbonyl (C=O) groups excluding carboxylic acids is 2. The van der Waals surface area contributed by atoms with Crippen molar-refractivity contribution in [1.82, 2.24) is 5.32 Å². The molecule has 0 aliphatic rings. The molecule has 0 aliphatic carbocycles. The lowest BCUT2D eigenvalue weighted by Gasteiger charge is -2.21. The molecule has 0 atom stereocenters. The van der Waals surface area contributed by atoms with Crippen molar-refractivity contribution in [2.45, 2.75) is 6.92 Å². The quantitative estimate of drug-likeness (QED) is 0.891. The molecule has 2 aromatic rings. The van der Waals surface area contributed by atoms with Crippen LogP contribution in [0.1, 0.15) is 17.3 Å². The third kappa shape index (κ3) is 4.57. The Hall–Kier alpha value is -2.82. The van der Waals surface area contributed by atoms with Gasteiger partial charge in [-0.1, -0.05) is 24.3 Å². The minimum absolute atomic E-state index is 0.0631. The highest BCUT2D eigenvalue weighted by molar-refractivity contribution is 5.95. The van der Waals surface area contributed by atoms with Gasteiger partial charge >= 0.3 is 0 Å². The molecule has 0 heterocycles. The Morgan fingerprint density at radius 1 is 1.09 bits per heavy atom. The first-order valence-electron chi connectivity index (χ1n) is 7.37. The lowest BCUT2D eigenvalue weighted by molar-refractivity contribution is -0.116. The minimum Gasteiger partial charge on any atom is -0.497 e. The fourth-order valence-electron chi connectivity index (χ4n) is 2.22. The Balaban J connectivity index is 1.94. The average molecular weight is 312 g/mol. The number of hydrogen-bond acceptors (Lipinski definition) is 3. The zero-order valence-corrected chi connectivity index (χ0v) is 13.3. The molecule has 120 valence electrons. The van der Waals surface area contributed by atoms with Gasteiger partial charge < -0.3 is 15.0 Å². The van der Waals surface area contributed by atoms with E-state index in [2.05, 4.69) is 5.32 Å². The topological polar surface area (TPSA) is 58.6 Å². The van der Waals surface area contributed by atoms with E-state index in [1.807, 2.05) is 30.3 Å². The number of nitrogens with one attached hydrogen (secondary N) is 1. The monoisotopic (exact) mass is 312 g/mol. The summed E-state index contributed by atoms with van der Waals surface area (Å²) < 4.78 is 5.10. The van der Waals surface area contributed by atoms with Crippen LogP contribution in [0.4, 0.5) is 5.69 Å². The van der Waals surface area contributed by atoms with Gasteiger partial charge in [-0.3, -0.25) is 9.59 Å². The highest BCUT2D eigenvalue weighted by atomic mass is 16.5. The van der Waals surface area contributed by atoms with E-state index < -0.39 is 0 Å². The molecule has 0 spiro atoms. The predicted molar refractivity (Wildman–Crippen MR) is 89.8 cm³/mol. The second kappa shape index (κ2) is 7.98. The molecule has 2 rings (SSSR count). The summed E-state index contributed by atoms with van der Waals surface area (Å²) in [6, 6.07) is 16.3. The van der Waals surface area contributed by atoms with Crippen molar-refractivity contribution >= 4 is 17.5 Å². The maximum absolute atomic E-state index is 12.1. The van der Waals surface area contributed by atoms with Crippen LogP contribution in [-0.2, 0) is 4.79 Å². The Bertz CT molecular complexity index is 671. The third-order valence-electron chi connectivity index (χ3n) is 3.40. The lowest BCUT2D eigenvalue weighted by Crippen LogP contribution is -2.37. The summed E-state index contributed by atoms with van der Waals surface area (Å²) in [7, 11) is 1.56. The fourth-order valence-corrected chi connectivity index (χ4v) is 2.22. The van der Waals surface area contributed by atoms with E-state index in [0.29, 0.717) is 24.4 Å². The van der Waals surface area contributed by atoms with Gasteiger partial charge in [0.05, 0.1) is 7.11 Å². The highest BCUT2D eigenvalue weighted by Crippen LogP contribution is 2.14. The lowest BCUT2D eigenvalue weighted by atomic mass is 10.2. The largest absolute Gasteiger partial charge is 0.497 e. The zero-order chi connectivity index (χ0) is 16.7. The van der Waals surface area contributed by atoms with Crippen molar-refractivity contribution < 1.29 is 14.3 Å². The number of methoxy groups -OCH3 is 1. The van der Waals surface area contributed by atoms with Gasteiger partial charge in [0.25, 0.3) is 5.91 Å². The summed E-state index contributed by atoms with van der Waals surface area (Å²) in [5.74, 6) is 0.375. The fraction of sp³-hybridized carbons (Fsp3) is 0.222. The van der Waals surface area contributed by atoms with E-state index in [0.717, 1.165) is 5.69 Å². The zero-order valence-electron chi connectivity index (χ0n) is 13.3. The molecular formula is C18H20N2O3. The van der Waals surface area contributed by atoms with Crippen LogP contribution in [0.15, 0.2) is 54.6 Å². The van der Waals surface area contributed by atoms with Gasteiger partial charge in [0.15, 0.2) is 0 Å². The minimum atomic E-state index is -0.194. The van der Waals surface area contributed by atoms with Gasteiger partial charge in [-0.25, -0.2) is 0 Å². The maximum atomic E-state index is 12.1. The number of anilines is 1. The molecule has 1 N–H and O–H groups in total. The van der Waals surface area contributed by atoms with Crippen molar-refractivity contribution in [2.24, 2.45) is 0 Å². The van der Waals surface area contributed by atoms with Crippen molar-refractivity contribution in [1.29, 1.82) is 0 Å². The van der Waals surface area contributed by atoms with E-state index in [1.54, 1.807) is 36.3 Å². The number of rotatable bonds is 6. The predicted octanol–water partition coefficient (Wildman–Crippen LogP) is 2.48. The van der Waals surface area contributed by atoms with Crippen molar-refractivity contribution in [3.63, 3.8) is 0 Å². The van der Waals surface area contributed by atoms with Crippen LogP contribution in [0, 0.1) is 0 Å². The summed E-state index contributed by atoms with van der Waals surface area (Å²) in [6.45, 7) is 2.29. The van der Waals surface area contributed by atoms with E-state index in [-0.39, 0.29) is 11.8 Å². The molecule has 2 amide bonds. The second-order valence-electron chi connectivity index (χ2n) is 4.99. The van der Waals surface area contributed by atoms with Gasteiger partial charge in [0.1, 0.15) is 5.75 Å². The molecular weight excluding hydrogens is 292 g/mol. The number of carbonyl (C=O) groups is 2. The molecule has 5 heteroatoms. The Morgan fingerprint density at radius 3 is 2.48 bits per heavy atom. The van der Waals surface area contributed by atoms with E-state index in [9.17, 15) is 9.59 Å². The average Bonchev–Trinajstić information content (AvgIpc) is 2.59. The van der Waals surface area contributed by atoms with Crippen LogP contribution in [0.5, 0.6) is 5.75 Å². The van der Waals surface area contributed by atoms with Crippen LogP contribution < -0.4 is 15.0 Å². The molecule has 0 fully saturated rings. The molecule has 0 aromatic heterocycles. The molecule has 0 saturated heterocycles. The molecule has 5 nitrogen and oxygen atoms in total. The Labute approximate surface area is 135 Å². The van der Waals surface area contributed by atoms with Gasteiger partial charge in [-0.05, 0) is 30.3 Å². The van der Waals surface area contributed by atoms with E-state index >= 15 is 0 Å². The Morgan fingerprint density at radius 2 is 1.83 bits per heavy atom. The SMILES string of the molecule is COc1cccc(C(=O)NCCN(C(C)=O)c2ccccc2)c1. The highest BCUT2D eigenvalue weighted by Gasteiger charge is 2.12. The van der Waals surface area contributed by atoms with Crippen LogP contribution in [0.2, 0.25) is 0 Å². The number of hydrogen-bond donors (Lipinski definition) is 1. The normalized spacial score (nSPS) is 10.0. The summed E-state index contributed by atoms with van der Waals surface area (Å²) in [5, 5.41) is 2.82. The smallest absolute Gasteiger partial charge is 0.251 e. The number of benzene rings is 2. The van der Waals surface area contributed by atoms with Gasteiger partial charge in [0.2, 0.25) is 5.91 Å². The first kappa shape index (κ1) is 16.5. The molecule has 0 saturated carbocycles. The number of para-hydroxylation sites is 1. The Kier molecular flexibility index (Phi) is 5.74. The van der Waals surface area contributed by atoms with Crippen molar-refractivity contribution in [3.8, 4) is 5.75 Å². The molecule has 0 radical (unpaired) electrons. The third-order valence-corrected chi connectivity index (χ3v) is 3.40. The van der Waals surface area contributed by atoms with E-state index in [1.165, 1.54) is 6.92 Å². The maximum Gasteiger partial charge on any atom is 0.251 e. The first-order valence-corrected chi connectivity index (χ1v) is 7.37. The number of nitrogens with zero attached hydrogens (tertiary/aromatic N) is 1. The second-order valence-corrected chi connectivity index (χ2v) is 4.99. The van der Waals surface area contributed by atoms with Crippen molar-refractivity contribution in [3.05, 3.63) is 60.2 Å². The molecule has 0 unspecified atom stereocenters. The van der Waals surface area contributed by atoms with Crippen LogP contribution in [0.25, 0.3) is 0 Å². The van der Waals surface area contributed by atoms with Crippen molar-refractivity contribution in [2.75, 3.05) is 25.1 Å². The van der Waals surface area contributed by atoms with Crippen LogP contribution >= 0.6 is 0 Å². The summed E-state index contributed by atoms with van der Waals surface area (Å²) in [5.41, 5.74) is 1.34. The molecule has 0 aliphatic heterocycles. The standard InChI is InChI=1S/C18H20N2O3/c1-14(21)20(16-8-4-3-5-9-16)12-11-19-18(22)15-7-6-10-17(13-15)23-2/h3-10,13H,11-12H2,1-2H3,(H,19,22). The summed E-state index contributed by atoms with van der Waals surface area (Å²) >= 11 is 0. The summed E-state index contributed by atoms with van der Waals surface area (Å²) in [6.07, 6.45) is 0. The molecule has 0 bridgehead atoms. The van der Waals surface area contributed by atoms with Gasteiger partial charge in [0, 0.05) is 31.3 Å². The number of ether oxygens (including phenoxy) is 1. The van der Waals surface area contributed by atoms with Gasteiger partial charge in [-0.2, -0.15) is 0 Å². The molecule has 2 aromatic carbocycles. The number of amides is 2. The van der Waals surface area contributed by atoms with Crippen LogP contribution in [-0.4, -0.2) is 32.0 Å². The summed E-state index contributed by atoms with van der Waals surface area (Å²) in [4.78, 5) is 25.5. The first-order chi connectivity index (χ1) is 11.1. The van der Waals surface area contributed by atoms with Gasteiger partial charge in [-0.15, -0.1) is 0 Å².